The van der Waals surface area contributed by atoms with Crippen molar-refractivity contribution in [3.63, 3.8) is 0 Å². The van der Waals surface area contributed by atoms with E-state index in [1.807, 2.05) is 36.4 Å². The fourth-order valence-electron chi connectivity index (χ4n) is 3.12. The van der Waals surface area contributed by atoms with Crippen molar-refractivity contribution >= 4 is 5.91 Å². The summed E-state index contributed by atoms with van der Waals surface area (Å²) in [6, 6.07) is 1.90. The minimum absolute atomic E-state index is 0.125. The van der Waals surface area contributed by atoms with Gasteiger partial charge in [0, 0.05) is 18.5 Å². The van der Waals surface area contributed by atoms with Gasteiger partial charge in [0.15, 0.2) is 0 Å². The lowest BCUT2D eigenvalue weighted by Crippen LogP contribution is -2.38. The van der Waals surface area contributed by atoms with Gasteiger partial charge in [0.1, 0.15) is 5.76 Å². The highest BCUT2D eigenvalue weighted by Gasteiger charge is 2.24. The number of carbonyl (C=O) groups excluding carboxylic acids is 1. The van der Waals surface area contributed by atoms with Crippen molar-refractivity contribution in [3.8, 4) is 0 Å². The first-order valence-electron chi connectivity index (χ1n) is 8.43. The fourth-order valence-corrected chi connectivity index (χ4v) is 3.12. The van der Waals surface area contributed by atoms with Gasteiger partial charge in [0.05, 0.1) is 36.3 Å². The molecule has 0 saturated heterocycles. The van der Waals surface area contributed by atoms with Gasteiger partial charge in [-0.25, -0.2) is 0 Å². The molecule has 7 nitrogen and oxygen atoms in total. The summed E-state index contributed by atoms with van der Waals surface area (Å²) in [5, 5.41) is 18.3. The van der Waals surface area contributed by atoms with Crippen LogP contribution in [0.1, 0.15) is 54.3 Å². The van der Waals surface area contributed by atoms with E-state index in [4.69, 9.17) is 4.52 Å². The molecule has 130 valence electrons. The summed E-state index contributed by atoms with van der Waals surface area (Å²) in [6.07, 6.45) is 1.19. The van der Waals surface area contributed by atoms with E-state index in [1.54, 1.807) is 0 Å². The highest BCUT2D eigenvalue weighted by atomic mass is 16.5. The molecule has 3 rings (SSSR count). The van der Waals surface area contributed by atoms with Crippen LogP contribution in [0.3, 0.4) is 0 Å². The van der Waals surface area contributed by atoms with Crippen molar-refractivity contribution in [1.82, 2.24) is 19.8 Å². The zero-order valence-corrected chi connectivity index (χ0v) is 14.4. The second kappa shape index (κ2) is 6.76. The molecule has 1 amide bonds. The van der Waals surface area contributed by atoms with E-state index in [9.17, 15) is 9.90 Å². The Kier molecular flexibility index (Phi) is 4.71. The smallest absolute Gasteiger partial charge is 0.223 e. The maximum Gasteiger partial charge on any atom is 0.223 e. The van der Waals surface area contributed by atoms with E-state index in [1.165, 1.54) is 0 Å². The van der Waals surface area contributed by atoms with Gasteiger partial charge in [-0.3, -0.25) is 9.48 Å². The lowest BCUT2D eigenvalue weighted by Gasteiger charge is -2.27. The molecule has 1 aliphatic rings. The highest BCUT2D eigenvalue weighted by molar-refractivity contribution is 5.76. The van der Waals surface area contributed by atoms with Crippen molar-refractivity contribution in [2.45, 2.75) is 59.2 Å². The molecule has 1 atom stereocenters. The van der Waals surface area contributed by atoms with E-state index in [2.05, 4.69) is 10.3 Å². The zero-order valence-electron chi connectivity index (χ0n) is 14.4. The Balaban J connectivity index is 1.62. The lowest BCUT2D eigenvalue weighted by molar-refractivity contribution is -0.132. The second-order valence-corrected chi connectivity index (χ2v) is 6.33. The molecule has 0 aliphatic carbocycles. The number of hydrogen-bond acceptors (Lipinski definition) is 5. The quantitative estimate of drug-likeness (QED) is 0.904. The first kappa shape index (κ1) is 16.7. The largest absolute Gasteiger partial charge is 0.387 e. The number of aliphatic hydroxyl groups is 1. The summed E-state index contributed by atoms with van der Waals surface area (Å²) in [5.41, 5.74) is 3.56. The summed E-state index contributed by atoms with van der Waals surface area (Å²) >= 11 is 0. The van der Waals surface area contributed by atoms with Gasteiger partial charge in [0.25, 0.3) is 0 Å². The van der Waals surface area contributed by atoms with E-state index in [0.717, 1.165) is 22.7 Å². The van der Waals surface area contributed by atoms with Crippen LogP contribution < -0.4 is 0 Å². The maximum atomic E-state index is 12.5. The Morgan fingerprint density at radius 3 is 2.88 bits per heavy atom. The van der Waals surface area contributed by atoms with Gasteiger partial charge in [-0.05, 0) is 32.8 Å². The summed E-state index contributed by atoms with van der Waals surface area (Å²) in [5.74, 6) is 0.912. The van der Waals surface area contributed by atoms with Crippen LogP contribution >= 0.6 is 0 Å². The van der Waals surface area contributed by atoms with Gasteiger partial charge in [0.2, 0.25) is 5.91 Å². The molecule has 0 bridgehead atoms. The molecule has 0 fully saturated rings. The number of aliphatic hydroxyl groups excluding tert-OH is 1. The van der Waals surface area contributed by atoms with Crippen molar-refractivity contribution in [3.05, 3.63) is 34.5 Å². The minimum Gasteiger partial charge on any atom is -0.387 e. The molecule has 0 aromatic carbocycles. The second-order valence-electron chi connectivity index (χ2n) is 6.33. The number of aryl methyl sites for hydroxylation is 2. The Morgan fingerprint density at radius 2 is 2.21 bits per heavy atom. The molecule has 7 heteroatoms. The van der Waals surface area contributed by atoms with Gasteiger partial charge >= 0.3 is 0 Å². The third-order valence-corrected chi connectivity index (χ3v) is 4.67. The van der Waals surface area contributed by atoms with Crippen LogP contribution in [0.2, 0.25) is 0 Å². The topological polar surface area (TPSA) is 84.4 Å². The van der Waals surface area contributed by atoms with E-state index in [-0.39, 0.29) is 5.91 Å². The molecule has 1 N–H and O–H groups in total. The Morgan fingerprint density at radius 1 is 1.42 bits per heavy atom. The standard InChI is InChI=1S/C17H24N4O3/c1-4-16(22)15-9-13-10-20(7-8-21(13)18-15)17(23)6-5-14-11(2)19-24-12(14)3/h9,16,22H,4-8,10H2,1-3H3. The molecular formula is C17H24N4O3. The van der Waals surface area contributed by atoms with Crippen LogP contribution in [0.15, 0.2) is 10.6 Å². The minimum atomic E-state index is -0.535. The fraction of sp³-hybridized carbons (Fsp3) is 0.588. The molecule has 3 heterocycles. The zero-order chi connectivity index (χ0) is 17.3. The van der Waals surface area contributed by atoms with Crippen LogP contribution in [-0.2, 0) is 24.3 Å². The average molecular weight is 332 g/mol. The van der Waals surface area contributed by atoms with Gasteiger partial charge in [-0.1, -0.05) is 12.1 Å². The van der Waals surface area contributed by atoms with Crippen molar-refractivity contribution in [2.24, 2.45) is 0 Å². The van der Waals surface area contributed by atoms with E-state index >= 15 is 0 Å². The number of rotatable bonds is 5. The normalized spacial score (nSPS) is 15.4. The van der Waals surface area contributed by atoms with Crippen molar-refractivity contribution < 1.29 is 14.4 Å². The van der Waals surface area contributed by atoms with Crippen LogP contribution in [0, 0.1) is 13.8 Å². The number of carbonyl (C=O) groups is 1. The molecule has 24 heavy (non-hydrogen) atoms. The molecular weight excluding hydrogens is 308 g/mol. The molecule has 0 radical (unpaired) electrons. The number of nitrogens with zero attached hydrogens (tertiary/aromatic N) is 4. The summed E-state index contributed by atoms with van der Waals surface area (Å²) < 4.78 is 7.04. The molecule has 0 spiro atoms. The number of amides is 1. The van der Waals surface area contributed by atoms with E-state index in [0.29, 0.717) is 44.6 Å². The average Bonchev–Trinajstić information content (AvgIpc) is 3.15. The molecule has 2 aromatic heterocycles. The highest BCUT2D eigenvalue weighted by Crippen LogP contribution is 2.21. The van der Waals surface area contributed by atoms with Crippen LogP contribution in [0.5, 0.6) is 0 Å². The molecule has 2 aromatic rings. The van der Waals surface area contributed by atoms with Crippen LogP contribution in [0.4, 0.5) is 0 Å². The number of aromatic nitrogens is 3. The summed E-state index contributed by atoms with van der Waals surface area (Å²) in [4.78, 5) is 14.4. The lowest BCUT2D eigenvalue weighted by atomic mass is 10.1. The predicted molar refractivity (Wildman–Crippen MR) is 87.2 cm³/mol. The SMILES string of the molecule is CCC(O)c1cc2n(n1)CCN(C(=O)CCc1c(C)noc1C)C2. The Hall–Kier alpha value is -2.15. The number of fused-ring (bicyclic) bond motifs is 1. The third kappa shape index (κ3) is 3.21. The molecule has 1 unspecified atom stereocenters. The van der Waals surface area contributed by atoms with Gasteiger partial charge in [-0.2, -0.15) is 5.10 Å². The molecule has 0 saturated carbocycles. The van der Waals surface area contributed by atoms with Crippen molar-refractivity contribution in [2.75, 3.05) is 6.54 Å². The van der Waals surface area contributed by atoms with Crippen LogP contribution in [-0.4, -0.2) is 37.4 Å². The summed E-state index contributed by atoms with van der Waals surface area (Å²) in [7, 11) is 0. The first-order chi connectivity index (χ1) is 11.5. The monoisotopic (exact) mass is 332 g/mol. The van der Waals surface area contributed by atoms with Crippen LogP contribution in [0.25, 0.3) is 0 Å². The van der Waals surface area contributed by atoms with Gasteiger partial charge < -0.3 is 14.5 Å². The van der Waals surface area contributed by atoms with Crippen molar-refractivity contribution in [1.29, 1.82) is 0 Å². The Labute approximate surface area is 141 Å². The predicted octanol–water partition coefficient (Wildman–Crippen LogP) is 1.91. The van der Waals surface area contributed by atoms with E-state index < -0.39 is 6.10 Å². The number of hydrogen-bond donors (Lipinski definition) is 1. The third-order valence-electron chi connectivity index (χ3n) is 4.67. The molecule has 1 aliphatic heterocycles. The first-order valence-corrected chi connectivity index (χ1v) is 8.43. The maximum absolute atomic E-state index is 12.5. The summed E-state index contributed by atoms with van der Waals surface area (Å²) in [6.45, 7) is 7.56. The Bertz CT molecular complexity index is 715. The van der Waals surface area contributed by atoms with Gasteiger partial charge in [-0.15, -0.1) is 0 Å².